The molecule has 0 spiro atoms. The minimum absolute atomic E-state index is 0.409. The van der Waals surface area contributed by atoms with Gasteiger partial charge in [-0.15, -0.1) is 0 Å². The van der Waals surface area contributed by atoms with Crippen LogP contribution in [0.2, 0.25) is 0 Å². The van der Waals surface area contributed by atoms with Gasteiger partial charge in [-0.25, -0.2) is 0 Å². The minimum atomic E-state index is 0.409. The Labute approximate surface area is 50.4 Å². The van der Waals surface area contributed by atoms with Crippen LogP contribution in [0.25, 0.3) is 0 Å². The van der Waals surface area contributed by atoms with Crippen LogP contribution in [0.4, 0.5) is 0 Å². The van der Waals surface area contributed by atoms with E-state index < -0.39 is 0 Å². The summed E-state index contributed by atoms with van der Waals surface area (Å²) in [6.07, 6.45) is 2.43. The Kier molecular flexibility index (Phi) is 1.86. The van der Waals surface area contributed by atoms with Gasteiger partial charge >= 0.3 is 0 Å². The third-order valence-electron chi connectivity index (χ3n) is 1.70. The molecule has 0 aromatic rings. The molecule has 1 fully saturated rings. The summed E-state index contributed by atoms with van der Waals surface area (Å²) in [5.41, 5.74) is 5.63. The largest absolute Gasteiger partial charge is 0.327 e. The molecule has 2 atom stereocenters. The lowest BCUT2D eigenvalue weighted by molar-refractivity contribution is 0.384. The van der Waals surface area contributed by atoms with Gasteiger partial charge in [-0.1, -0.05) is 0 Å². The fourth-order valence-electron chi connectivity index (χ4n) is 1.02. The van der Waals surface area contributed by atoms with E-state index in [1.165, 1.54) is 12.8 Å². The molecule has 8 heavy (non-hydrogen) atoms. The van der Waals surface area contributed by atoms with Crippen LogP contribution in [0, 0.1) is 0 Å². The monoisotopic (exact) mass is 114 g/mol. The molecule has 0 bridgehead atoms. The molecule has 1 rings (SSSR count). The predicted octanol–water partition coefficient (Wildman–Crippen LogP) is 0.0856. The van der Waals surface area contributed by atoms with E-state index in [2.05, 4.69) is 12.2 Å². The first-order valence-electron chi connectivity index (χ1n) is 3.28. The maximum Gasteiger partial charge on any atom is 0.0165 e. The number of rotatable bonds is 0. The van der Waals surface area contributed by atoms with E-state index in [9.17, 15) is 0 Å². The van der Waals surface area contributed by atoms with Crippen molar-refractivity contribution in [2.45, 2.75) is 31.8 Å². The second-order valence-corrected chi connectivity index (χ2v) is 2.65. The van der Waals surface area contributed by atoms with Gasteiger partial charge in [-0.3, -0.25) is 0 Å². The third kappa shape index (κ3) is 1.46. The number of hydrogen-bond acceptors (Lipinski definition) is 2. The maximum absolute atomic E-state index is 5.63. The smallest absolute Gasteiger partial charge is 0.0165 e. The van der Waals surface area contributed by atoms with Crippen LogP contribution in [0.5, 0.6) is 0 Å². The van der Waals surface area contributed by atoms with Gasteiger partial charge < -0.3 is 11.1 Å². The molecule has 3 N–H and O–H groups in total. The Morgan fingerprint density at radius 2 is 2.25 bits per heavy atom. The standard InChI is InChI=1S/C6H14N2/c1-5-2-3-6(7)4-8-5/h5-6,8H,2-4,7H2,1H3/t5-,6-/m1/s1. The second kappa shape index (κ2) is 2.46. The molecule has 0 aliphatic carbocycles. The molecular weight excluding hydrogens is 100 g/mol. The molecule has 2 heteroatoms. The maximum atomic E-state index is 5.63. The van der Waals surface area contributed by atoms with E-state index in [4.69, 9.17) is 5.73 Å². The lowest BCUT2D eigenvalue weighted by Crippen LogP contribution is -2.43. The topological polar surface area (TPSA) is 38.0 Å². The summed E-state index contributed by atoms with van der Waals surface area (Å²) in [6.45, 7) is 3.20. The highest BCUT2D eigenvalue weighted by Gasteiger charge is 2.12. The average molecular weight is 114 g/mol. The molecule has 0 radical (unpaired) electrons. The molecule has 0 amide bonds. The van der Waals surface area contributed by atoms with Crippen LogP contribution in [-0.2, 0) is 0 Å². The quantitative estimate of drug-likeness (QED) is 0.468. The highest BCUT2D eigenvalue weighted by molar-refractivity contribution is 4.75. The summed E-state index contributed by atoms with van der Waals surface area (Å²) in [5, 5.41) is 3.31. The first-order valence-corrected chi connectivity index (χ1v) is 3.28. The van der Waals surface area contributed by atoms with Gasteiger partial charge in [0.2, 0.25) is 0 Å². The van der Waals surface area contributed by atoms with Gasteiger partial charge in [0.15, 0.2) is 0 Å². The number of hydrogen-bond donors (Lipinski definition) is 2. The summed E-state index contributed by atoms with van der Waals surface area (Å²) < 4.78 is 0. The van der Waals surface area contributed by atoms with E-state index >= 15 is 0 Å². The molecule has 0 aromatic carbocycles. The SMILES string of the molecule is C[C@@H]1CC[C@@H](N)CN1. The summed E-state index contributed by atoms with van der Waals surface area (Å²) in [5.74, 6) is 0. The van der Waals surface area contributed by atoms with Gasteiger partial charge in [0.05, 0.1) is 0 Å². The number of nitrogens with two attached hydrogens (primary N) is 1. The van der Waals surface area contributed by atoms with Crippen molar-refractivity contribution in [2.24, 2.45) is 5.73 Å². The van der Waals surface area contributed by atoms with Crippen molar-refractivity contribution in [1.29, 1.82) is 0 Å². The fourth-order valence-corrected chi connectivity index (χ4v) is 1.02. The molecule has 1 heterocycles. The van der Waals surface area contributed by atoms with Crippen molar-refractivity contribution in [3.05, 3.63) is 0 Å². The second-order valence-electron chi connectivity index (χ2n) is 2.65. The summed E-state index contributed by atoms with van der Waals surface area (Å²) in [4.78, 5) is 0. The zero-order valence-electron chi connectivity index (χ0n) is 5.35. The molecule has 0 unspecified atom stereocenters. The molecule has 48 valence electrons. The molecule has 1 aliphatic rings. The summed E-state index contributed by atoms with van der Waals surface area (Å²) >= 11 is 0. The molecule has 0 saturated carbocycles. The van der Waals surface area contributed by atoms with Crippen LogP contribution in [0.3, 0.4) is 0 Å². The van der Waals surface area contributed by atoms with Gasteiger partial charge in [-0.2, -0.15) is 0 Å². The summed E-state index contributed by atoms with van der Waals surface area (Å²) in [6, 6.07) is 1.10. The van der Waals surface area contributed by atoms with Crippen LogP contribution >= 0.6 is 0 Å². The van der Waals surface area contributed by atoms with Crippen molar-refractivity contribution in [3.8, 4) is 0 Å². The van der Waals surface area contributed by atoms with Crippen molar-refractivity contribution < 1.29 is 0 Å². The van der Waals surface area contributed by atoms with Crippen molar-refractivity contribution in [1.82, 2.24) is 5.32 Å². The highest BCUT2D eigenvalue weighted by Crippen LogP contribution is 2.04. The molecule has 0 aromatic heterocycles. The minimum Gasteiger partial charge on any atom is -0.327 e. The van der Waals surface area contributed by atoms with E-state index in [-0.39, 0.29) is 0 Å². The van der Waals surface area contributed by atoms with Gasteiger partial charge in [0, 0.05) is 18.6 Å². The lowest BCUT2D eigenvalue weighted by Gasteiger charge is -2.24. The van der Waals surface area contributed by atoms with Crippen LogP contribution in [-0.4, -0.2) is 18.6 Å². The Hall–Kier alpha value is -0.0800. The Morgan fingerprint density at radius 1 is 1.50 bits per heavy atom. The van der Waals surface area contributed by atoms with Crippen LogP contribution in [0.15, 0.2) is 0 Å². The van der Waals surface area contributed by atoms with Gasteiger partial charge in [0.25, 0.3) is 0 Å². The third-order valence-corrected chi connectivity index (χ3v) is 1.70. The fraction of sp³-hybridized carbons (Fsp3) is 1.00. The zero-order chi connectivity index (χ0) is 5.98. The lowest BCUT2D eigenvalue weighted by atomic mass is 10.0. The van der Waals surface area contributed by atoms with Crippen LogP contribution < -0.4 is 11.1 Å². The van der Waals surface area contributed by atoms with E-state index in [1.54, 1.807) is 0 Å². The Balaban J connectivity index is 2.19. The van der Waals surface area contributed by atoms with Crippen molar-refractivity contribution in [3.63, 3.8) is 0 Å². The Bertz CT molecular complexity index is 54.9. The predicted molar refractivity (Wildman–Crippen MR) is 34.7 cm³/mol. The van der Waals surface area contributed by atoms with E-state index in [1.807, 2.05) is 0 Å². The molecular formula is C6H14N2. The van der Waals surface area contributed by atoms with Crippen molar-refractivity contribution >= 4 is 0 Å². The van der Waals surface area contributed by atoms with E-state index in [0.717, 1.165) is 6.54 Å². The highest BCUT2D eigenvalue weighted by atomic mass is 14.9. The molecule has 2 nitrogen and oxygen atoms in total. The first kappa shape index (κ1) is 6.05. The van der Waals surface area contributed by atoms with Gasteiger partial charge in [-0.05, 0) is 19.8 Å². The Morgan fingerprint density at radius 3 is 2.62 bits per heavy atom. The van der Waals surface area contributed by atoms with Gasteiger partial charge in [0.1, 0.15) is 0 Å². The van der Waals surface area contributed by atoms with E-state index in [0.29, 0.717) is 12.1 Å². The number of nitrogens with one attached hydrogen (secondary N) is 1. The van der Waals surface area contributed by atoms with Crippen LogP contribution in [0.1, 0.15) is 19.8 Å². The first-order chi connectivity index (χ1) is 3.79. The van der Waals surface area contributed by atoms with Crippen molar-refractivity contribution in [2.75, 3.05) is 6.54 Å². The number of piperidine rings is 1. The molecule has 1 saturated heterocycles. The average Bonchev–Trinajstić information content (AvgIpc) is 1.77. The zero-order valence-corrected chi connectivity index (χ0v) is 5.35. The molecule has 1 aliphatic heterocycles. The normalized spacial score (nSPS) is 39.8. The summed E-state index contributed by atoms with van der Waals surface area (Å²) in [7, 11) is 0.